The number of nitrogens with zero attached hydrogens (tertiary/aromatic N) is 2. The van der Waals surface area contributed by atoms with Crippen LogP contribution in [-0.2, 0) is 5.41 Å². The van der Waals surface area contributed by atoms with Gasteiger partial charge in [0.25, 0.3) is 0 Å². The smallest absolute Gasteiger partial charge is 0.232 e. The van der Waals surface area contributed by atoms with Crippen molar-refractivity contribution in [1.82, 2.24) is 9.97 Å². The van der Waals surface area contributed by atoms with Crippen LogP contribution in [0.5, 0.6) is 5.88 Å². The van der Waals surface area contributed by atoms with Gasteiger partial charge in [-0.1, -0.05) is 51.6 Å². The van der Waals surface area contributed by atoms with E-state index in [1.165, 1.54) is 19.3 Å². The van der Waals surface area contributed by atoms with Crippen LogP contribution in [0.15, 0.2) is 6.20 Å². The Balaban J connectivity index is 2.98. The molecule has 1 heterocycles. The molecule has 0 bridgehead atoms. The van der Waals surface area contributed by atoms with Crippen LogP contribution in [0.3, 0.4) is 0 Å². The van der Waals surface area contributed by atoms with Gasteiger partial charge in [-0.2, -0.15) is 0 Å². The minimum Gasteiger partial charge on any atom is -0.480 e. The van der Waals surface area contributed by atoms with Crippen LogP contribution in [0.2, 0.25) is 5.15 Å². The lowest BCUT2D eigenvalue weighted by atomic mass is 9.79. The van der Waals surface area contributed by atoms with E-state index in [1.807, 2.05) is 0 Å². The molecule has 0 aliphatic carbocycles. The van der Waals surface area contributed by atoms with E-state index in [2.05, 4.69) is 30.7 Å². The van der Waals surface area contributed by atoms with E-state index in [1.54, 1.807) is 13.3 Å². The van der Waals surface area contributed by atoms with Gasteiger partial charge in [0, 0.05) is 5.41 Å². The number of ether oxygens (including phenoxy) is 1. The molecule has 18 heavy (non-hydrogen) atoms. The van der Waals surface area contributed by atoms with Gasteiger partial charge in [0.2, 0.25) is 5.88 Å². The summed E-state index contributed by atoms with van der Waals surface area (Å²) < 4.78 is 5.14. The normalized spacial score (nSPS) is 14.3. The van der Waals surface area contributed by atoms with Crippen molar-refractivity contribution in [2.24, 2.45) is 0 Å². The van der Waals surface area contributed by atoms with Crippen LogP contribution < -0.4 is 4.74 Å². The van der Waals surface area contributed by atoms with E-state index in [9.17, 15) is 0 Å². The highest BCUT2D eigenvalue weighted by Gasteiger charge is 2.29. The van der Waals surface area contributed by atoms with Crippen LogP contribution in [0, 0.1) is 0 Å². The van der Waals surface area contributed by atoms with Crippen molar-refractivity contribution in [1.29, 1.82) is 0 Å². The number of methoxy groups -OCH3 is 1. The first kappa shape index (κ1) is 15.2. The molecule has 0 aliphatic rings. The molecular weight excluding hydrogens is 248 g/mol. The maximum Gasteiger partial charge on any atom is 0.232 e. The summed E-state index contributed by atoms with van der Waals surface area (Å²) in [5.41, 5.74) is 0.843. The molecule has 0 radical (unpaired) electrons. The predicted molar refractivity (Wildman–Crippen MR) is 75.4 cm³/mol. The minimum absolute atomic E-state index is 0.0200. The predicted octanol–water partition coefficient (Wildman–Crippen LogP) is 4.39. The van der Waals surface area contributed by atoms with Gasteiger partial charge in [-0.15, -0.1) is 0 Å². The topological polar surface area (TPSA) is 35.0 Å². The Kier molecular flexibility index (Phi) is 5.86. The molecular formula is C14H23ClN2O. The molecule has 102 valence electrons. The van der Waals surface area contributed by atoms with Crippen molar-refractivity contribution in [2.75, 3.05) is 7.11 Å². The Bertz CT molecular complexity index is 384. The Hall–Kier alpha value is -0.830. The fourth-order valence-corrected chi connectivity index (χ4v) is 2.39. The second-order valence-corrected chi connectivity index (χ2v) is 5.28. The second-order valence-electron chi connectivity index (χ2n) is 4.92. The maximum absolute atomic E-state index is 6.20. The van der Waals surface area contributed by atoms with Crippen molar-refractivity contribution in [3.8, 4) is 5.88 Å². The highest BCUT2D eigenvalue weighted by Crippen LogP contribution is 2.36. The lowest BCUT2D eigenvalue weighted by Gasteiger charge is -2.28. The Morgan fingerprint density at radius 3 is 2.61 bits per heavy atom. The molecule has 0 N–H and O–H groups in total. The number of hydrogen-bond acceptors (Lipinski definition) is 3. The summed E-state index contributed by atoms with van der Waals surface area (Å²) in [4.78, 5) is 8.67. The minimum atomic E-state index is -0.0200. The first-order chi connectivity index (χ1) is 8.57. The Morgan fingerprint density at radius 2 is 2.06 bits per heavy atom. The average molecular weight is 271 g/mol. The van der Waals surface area contributed by atoms with Crippen molar-refractivity contribution < 1.29 is 4.74 Å². The monoisotopic (exact) mass is 270 g/mol. The molecule has 1 unspecified atom stereocenters. The van der Waals surface area contributed by atoms with Gasteiger partial charge >= 0.3 is 0 Å². The standard InChI is InChI=1S/C14H23ClN2O/c1-5-7-8-9-14(3,6-2)12-13(15)16-10-11(17-12)18-4/h10H,5-9H2,1-4H3. The molecule has 1 aromatic rings. The molecule has 0 spiro atoms. The third-order valence-corrected chi connectivity index (χ3v) is 3.88. The zero-order valence-electron chi connectivity index (χ0n) is 11.8. The molecule has 0 saturated heterocycles. The van der Waals surface area contributed by atoms with Gasteiger partial charge in [0.1, 0.15) is 0 Å². The van der Waals surface area contributed by atoms with Crippen LogP contribution in [0.1, 0.15) is 58.6 Å². The summed E-state index contributed by atoms with van der Waals surface area (Å²) >= 11 is 6.20. The summed E-state index contributed by atoms with van der Waals surface area (Å²) in [5.74, 6) is 0.532. The van der Waals surface area contributed by atoms with E-state index in [4.69, 9.17) is 16.3 Å². The van der Waals surface area contributed by atoms with Gasteiger partial charge in [0.15, 0.2) is 5.15 Å². The van der Waals surface area contributed by atoms with E-state index >= 15 is 0 Å². The molecule has 0 amide bonds. The molecule has 3 nitrogen and oxygen atoms in total. The highest BCUT2D eigenvalue weighted by atomic mass is 35.5. The molecule has 1 atom stereocenters. The second kappa shape index (κ2) is 6.93. The van der Waals surface area contributed by atoms with Crippen LogP contribution in [0.25, 0.3) is 0 Å². The lowest BCUT2D eigenvalue weighted by Crippen LogP contribution is -2.23. The number of unbranched alkanes of at least 4 members (excludes halogenated alkanes) is 2. The Morgan fingerprint density at radius 1 is 1.33 bits per heavy atom. The number of halogens is 1. The van der Waals surface area contributed by atoms with Crippen molar-refractivity contribution in [2.45, 2.75) is 58.3 Å². The zero-order chi connectivity index (χ0) is 13.6. The van der Waals surface area contributed by atoms with Crippen molar-refractivity contribution in [3.63, 3.8) is 0 Å². The maximum atomic E-state index is 6.20. The molecule has 0 aliphatic heterocycles. The van der Waals surface area contributed by atoms with Crippen LogP contribution in [-0.4, -0.2) is 17.1 Å². The zero-order valence-corrected chi connectivity index (χ0v) is 12.5. The summed E-state index contributed by atoms with van der Waals surface area (Å²) in [6.07, 6.45) is 7.29. The lowest BCUT2D eigenvalue weighted by molar-refractivity contribution is 0.362. The average Bonchev–Trinajstić information content (AvgIpc) is 2.39. The molecule has 4 heteroatoms. The van der Waals surface area contributed by atoms with Gasteiger partial charge in [0.05, 0.1) is 19.0 Å². The quantitative estimate of drug-likeness (QED) is 0.690. The fourth-order valence-electron chi connectivity index (χ4n) is 2.07. The molecule has 1 rings (SSSR count). The van der Waals surface area contributed by atoms with Crippen LogP contribution >= 0.6 is 11.6 Å². The van der Waals surface area contributed by atoms with E-state index in [-0.39, 0.29) is 5.41 Å². The molecule has 0 saturated carbocycles. The van der Waals surface area contributed by atoms with Gasteiger partial charge in [-0.05, 0) is 12.8 Å². The van der Waals surface area contributed by atoms with Gasteiger partial charge < -0.3 is 4.74 Å². The molecule has 0 fully saturated rings. The van der Waals surface area contributed by atoms with Gasteiger partial charge in [-0.3, -0.25) is 0 Å². The van der Waals surface area contributed by atoms with E-state index in [0.717, 1.165) is 18.5 Å². The highest BCUT2D eigenvalue weighted by molar-refractivity contribution is 6.30. The summed E-state index contributed by atoms with van der Waals surface area (Å²) in [6, 6.07) is 0. The third-order valence-electron chi connectivity index (χ3n) is 3.60. The molecule has 1 aromatic heterocycles. The fraction of sp³-hybridized carbons (Fsp3) is 0.714. The first-order valence-electron chi connectivity index (χ1n) is 6.64. The third kappa shape index (κ3) is 3.58. The summed E-state index contributed by atoms with van der Waals surface area (Å²) in [7, 11) is 1.60. The van der Waals surface area contributed by atoms with Crippen molar-refractivity contribution >= 4 is 11.6 Å². The SMILES string of the molecule is CCCCCC(C)(CC)c1nc(OC)cnc1Cl. The summed E-state index contributed by atoms with van der Waals surface area (Å²) in [5, 5.41) is 0.497. The van der Waals surface area contributed by atoms with Crippen molar-refractivity contribution in [3.05, 3.63) is 17.0 Å². The Labute approximate surface area is 115 Å². The molecule has 0 aromatic carbocycles. The number of hydrogen-bond donors (Lipinski definition) is 0. The largest absolute Gasteiger partial charge is 0.480 e. The number of rotatable bonds is 7. The van der Waals surface area contributed by atoms with E-state index < -0.39 is 0 Å². The number of aromatic nitrogens is 2. The first-order valence-corrected chi connectivity index (χ1v) is 7.02. The van der Waals surface area contributed by atoms with Gasteiger partial charge in [-0.25, -0.2) is 9.97 Å². The van der Waals surface area contributed by atoms with Crippen LogP contribution in [0.4, 0.5) is 0 Å². The van der Waals surface area contributed by atoms with E-state index in [0.29, 0.717) is 11.0 Å². The summed E-state index contributed by atoms with van der Waals surface area (Å²) in [6.45, 7) is 6.59.